The van der Waals surface area contributed by atoms with Crippen LogP contribution >= 0.6 is 11.3 Å². The van der Waals surface area contributed by atoms with Crippen LogP contribution in [0.15, 0.2) is 34.6 Å². The third-order valence-corrected chi connectivity index (χ3v) is 4.34. The Morgan fingerprint density at radius 3 is 2.62 bits per heavy atom. The van der Waals surface area contributed by atoms with E-state index in [4.69, 9.17) is 4.74 Å². The van der Waals surface area contributed by atoms with Crippen LogP contribution in [-0.4, -0.2) is 31.1 Å². The van der Waals surface area contributed by atoms with Crippen LogP contribution in [0.25, 0.3) is 0 Å². The second-order valence-corrected chi connectivity index (χ2v) is 6.78. The number of guanidine groups is 1. The number of hydrogen-bond donors (Lipinski definition) is 2. The molecule has 0 spiro atoms. The van der Waals surface area contributed by atoms with E-state index in [-0.39, 0.29) is 0 Å². The molecule has 130 valence electrons. The second kappa shape index (κ2) is 9.27. The van der Waals surface area contributed by atoms with E-state index in [2.05, 4.69) is 46.8 Å². The average molecular weight is 347 g/mol. The molecule has 2 aromatic rings. The van der Waals surface area contributed by atoms with Crippen LogP contribution in [0.3, 0.4) is 0 Å². The van der Waals surface area contributed by atoms with Crippen LogP contribution < -0.4 is 15.4 Å². The van der Waals surface area contributed by atoms with Crippen molar-refractivity contribution in [3.8, 4) is 5.75 Å². The molecule has 0 aliphatic heterocycles. The first-order valence-electron chi connectivity index (χ1n) is 8.16. The number of ether oxygens (including phenoxy) is 1. The number of nitrogens with one attached hydrogen (secondary N) is 2. The molecule has 0 unspecified atom stereocenters. The number of hydrogen-bond acceptors (Lipinski definition) is 4. The lowest BCUT2D eigenvalue weighted by Gasteiger charge is -2.12. The predicted molar refractivity (Wildman–Crippen MR) is 101 cm³/mol. The molecule has 2 rings (SSSR count). The number of benzene rings is 1. The van der Waals surface area contributed by atoms with E-state index in [1.54, 1.807) is 18.4 Å². The highest BCUT2D eigenvalue weighted by molar-refractivity contribution is 7.09. The summed E-state index contributed by atoms with van der Waals surface area (Å²) < 4.78 is 5.69. The quantitative estimate of drug-likeness (QED) is 0.459. The summed E-state index contributed by atoms with van der Waals surface area (Å²) in [5.41, 5.74) is 2.37. The molecule has 0 bridgehead atoms. The Morgan fingerprint density at radius 1 is 1.25 bits per heavy atom. The average Bonchev–Trinajstić information content (AvgIpc) is 3.05. The Balaban J connectivity index is 1.69. The van der Waals surface area contributed by atoms with Crippen molar-refractivity contribution in [1.29, 1.82) is 0 Å². The molecule has 0 atom stereocenters. The van der Waals surface area contributed by atoms with Crippen molar-refractivity contribution in [1.82, 2.24) is 15.6 Å². The van der Waals surface area contributed by atoms with Gasteiger partial charge in [-0.1, -0.05) is 31.5 Å². The van der Waals surface area contributed by atoms with Crippen molar-refractivity contribution in [2.75, 3.05) is 20.2 Å². The fourth-order valence-corrected chi connectivity index (χ4v) is 2.92. The Kier molecular flexibility index (Phi) is 7.06. The predicted octanol–water partition coefficient (Wildman–Crippen LogP) is 3.32. The van der Waals surface area contributed by atoms with Crippen molar-refractivity contribution < 1.29 is 4.74 Å². The van der Waals surface area contributed by atoms with Gasteiger partial charge in [0.15, 0.2) is 5.96 Å². The highest BCUT2D eigenvalue weighted by Crippen LogP contribution is 2.17. The molecule has 2 N–H and O–H groups in total. The lowest BCUT2D eigenvalue weighted by Crippen LogP contribution is -2.38. The molecule has 0 fully saturated rings. The first-order chi connectivity index (χ1) is 11.6. The zero-order valence-corrected chi connectivity index (χ0v) is 15.6. The Hall–Kier alpha value is -2.08. The number of aryl methyl sites for hydroxylation is 1. The van der Waals surface area contributed by atoms with Crippen LogP contribution in [-0.2, 0) is 6.54 Å². The molecule has 1 heterocycles. The minimum Gasteiger partial charge on any atom is -0.492 e. The van der Waals surface area contributed by atoms with E-state index in [1.165, 1.54) is 5.56 Å². The van der Waals surface area contributed by atoms with Gasteiger partial charge >= 0.3 is 0 Å². The van der Waals surface area contributed by atoms with Crippen LogP contribution in [0.1, 0.15) is 36.0 Å². The van der Waals surface area contributed by atoms with Crippen molar-refractivity contribution in [2.24, 2.45) is 4.99 Å². The summed E-state index contributed by atoms with van der Waals surface area (Å²) >= 11 is 1.68. The molecule has 6 heteroatoms. The zero-order valence-electron chi connectivity index (χ0n) is 14.8. The van der Waals surface area contributed by atoms with Crippen molar-refractivity contribution in [3.05, 3.63) is 45.9 Å². The van der Waals surface area contributed by atoms with E-state index < -0.39 is 0 Å². The maximum Gasteiger partial charge on any atom is 0.191 e. The van der Waals surface area contributed by atoms with E-state index in [9.17, 15) is 0 Å². The van der Waals surface area contributed by atoms with Gasteiger partial charge in [0.05, 0.1) is 18.8 Å². The number of aliphatic imine (C=N–C) groups is 1. The summed E-state index contributed by atoms with van der Waals surface area (Å²) in [6, 6.07) is 8.06. The van der Waals surface area contributed by atoms with Gasteiger partial charge in [-0.05, 0) is 25.0 Å². The molecule has 1 aromatic carbocycles. The minimum atomic E-state index is 0.464. The van der Waals surface area contributed by atoms with Gasteiger partial charge < -0.3 is 15.4 Å². The first kappa shape index (κ1) is 18.3. The summed E-state index contributed by atoms with van der Waals surface area (Å²) in [5.74, 6) is 2.10. The molecular formula is C18H26N4OS. The van der Waals surface area contributed by atoms with Gasteiger partial charge in [0.1, 0.15) is 17.4 Å². The molecule has 0 aliphatic rings. The molecule has 0 amide bonds. The molecule has 5 nitrogen and oxygen atoms in total. The third-order valence-electron chi connectivity index (χ3n) is 3.48. The zero-order chi connectivity index (χ0) is 17.4. The normalized spacial score (nSPS) is 11.6. The van der Waals surface area contributed by atoms with Gasteiger partial charge in [-0.15, -0.1) is 11.3 Å². The fraction of sp³-hybridized carbons (Fsp3) is 0.444. The van der Waals surface area contributed by atoms with Crippen LogP contribution in [0, 0.1) is 6.92 Å². The molecule has 24 heavy (non-hydrogen) atoms. The smallest absolute Gasteiger partial charge is 0.191 e. The molecule has 0 aliphatic carbocycles. The van der Waals surface area contributed by atoms with Gasteiger partial charge in [-0.2, -0.15) is 0 Å². The molecule has 1 aromatic heterocycles. The number of aromatic nitrogens is 1. The number of nitrogens with zero attached hydrogens (tertiary/aromatic N) is 2. The SMILES string of the molecule is CN=C(NCCOc1ccc(C)cc1)NCc1nc(C(C)C)cs1. The lowest BCUT2D eigenvalue weighted by molar-refractivity contribution is 0.322. The van der Waals surface area contributed by atoms with Gasteiger partial charge in [0.2, 0.25) is 0 Å². The summed E-state index contributed by atoms with van der Waals surface area (Å²) in [5, 5.41) is 9.70. The highest BCUT2D eigenvalue weighted by Gasteiger charge is 2.06. The fourth-order valence-electron chi connectivity index (χ4n) is 2.02. The van der Waals surface area contributed by atoms with Gasteiger partial charge in [0.25, 0.3) is 0 Å². The van der Waals surface area contributed by atoms with Crippen molar-refractivity contribution in [3.63, 3.8) is 0 Å². The number of thiazole rings is 1. The Labute approximate surface area is 148 Å². The van der Waals surface area contributed by atoms with E-state index in [0.717, 1.165) is 22.4 Å². The second-order valence-electron chi connectivity index (χ2n) is 5.83. The molecule has 0 radical (unpaired) electrons. The summed E-state index contributed by atoms with van der Waals surface area (Å²) in [7, 11) is 1.76. The van der Waals surface area contributed by atoms with Crippen molar-refractivity contribution >= 4 is 17.3 Å². The maximum absolute atomic E-state index is 5.69. The topological polar surface area (TPSA) is 58.5 Å². The molecule has 0 saturated carbocycles. The van der Waals surface area contributed by atoms with E-state index >= 15 is 0 Å². The first-order valence-corrected chi connectivity index (χ1v) is 9.04. The van der Waals surface area contributed by atoms with Crippen LogP contribution in [0.4, 0.5) is 0 Å². The minimum absolute atomic E-state index is 0.464. The molecular weight excluding hydrogens is 320 g/mol. The lowest BCUT2D eigenvalue weighted by atomic mass is 10.2. The monoisotopic (exact) mass is 346 g/mol. The standard InChI is InChI=1S/C18H26N4OS/c1-13(2)16-12-24-17(22-16)11-21-18(19-4)20-9-10-23-15-7-5-14(3)6-8-15/h5-8,12-13H,9-11H2,1-4H3,(H2,19,20,21). The third kappa shape index (κ3) is 5.85. The van der Waals surface area contributed by atoms with E-state index in [1.807, 2.05) is 24.3 Å². The largest absolute Gasteiger partial charge is 0.492 e. The van der Waals surface area contributed by atoms with Crippen molar-refractivity contribution in [2.45, 2.75) is 33.2 Å². The molecule has 0 saturated heterocycles. The Bertz CT molecular complexity index is 649. The van der Waals surface area contributed by atoms with Crippen LogP contribution in [0.2, 0.25) is 0 Å². The Morgan fingerprint density at radius 2 is 2.00 bits per heavy atom. The number of rotatable bonds is 7. The highest BCUT2D eigenvalue weighted by atomic mass is 32.1. The van der Waals surface area contributed by atoms with Crippen LogP contribution in [0.5, 0.6) is 5.75 Å². The summed E-state index contributed by atoms with van der Waals surface area (Å²) in [6.07, 6.45) is 0. The van der Waals surface area contributed by atoms with E-state index in [0.29, 0.717) is 25.6 Å². The maximum atomic E-state index is 5.69. The summed E-state index contributed by atoms with van der Waals surface area (Å²) in [4.78, 5) is 8.82. The van der Waals surface area contributed by atoms with Gasteiger partial charge in [0, 0.05) is 12.4 Å². The summed E-state index contributed by atoms with van der Waals surface area (Å²) in [6.45, 7) is 8.31. The van der Waals surface area contributed by atoms with Gasteiger partial charge in [-0.3, -0.25) is 4.99 Å². The van der Waals surface area contributed by atoms with Gasteiger partial charge in [-0.25, -0.2) is 4.98 Å².